The molecule has 4 atom stereocenters. The molecule has 0 bridgehead atoms. The van der Waals surface area contributed by atoms with Crippen molar-refractivity contribution >= 4 is 0 Å². The number of hydrogen-bond acceptors (Lipinski definition) is 7. The quantitative estimate of drug-likeness (QED) is 0.0857. The zero-order valence-corrected chi connectivity index (χ0v) is 21.9. The number of nitrogens with zero attached hydrogens (tertiary/aromatic N) is 2. The van der Waals surface area contributed by atoms with Crippen molar-refractivity contribution in [2.45, 2.75) is 51.6 Å². The number of ether oxygens (including phenoxy) is 1. The summed E-state index contributed by atoms with van der Waals surface area (Å²) in [7, 11) is 0. The van der Waals surface area contributed by atoms with Crippen LogP contribution in [0.3, 0.4) is 0 Å². The van der Waals surface area contributed by atoms with E-state index in [0.29, 0.717) is 13.2 Å². The molecular formula is C28H48N2O5. The lowest BCUT2D eigenvalue weighted by Gasteiger charge is -2.33. The van der Waals surface area contributed by atoms with Crippen molar-refractivity contribution in [1.82, 2.24) is 9.80 Å². The van der Waals surface area contributed by atoms with Gasteiger partial charge in [0.2, 0.25) is 0 Å². The Labute approximate surface area is 212 Å². The van der Waals surface area contributed by atoms with E-state index < -0.39 is 0 Å². The van der Waals surface area contributed by atoms with Crippen LogP contribution in [0.25, 0.3) is 0 Å². The van der Waals surface area contributed by atoms with Gasteiger partial charge < -0.3 is 25.2 Å². The Morgan fingerprint density at radius 2 is 0.943 bits per heavy atom. The van der Waals surface area contributed by atoms with Gasteiger partial charge in [-0.05, 0) is 37.5 Å². The van der Waals surface area contributed by atoms with Crippen LogP contribution in [0.4, 0.5) is 0 Å². The first kappa shape index (κ1) is 32.5. The van der Waals surface area contributed by atoms with Crippen LogP contribution < -0.4 is 0 Å². The number of hydrogen-bond donors (Lipinski definition) is 4. The van der Waals surface area contributed by atoms with Crippen LogP contribution in [0.15, 0.2) is 74.7 Å². The predicted molar refractivity (Wildman–Crippen MR) is 146 cm³/mol. The molecule has 0 aliphatic carbocycles. The maximum Gasteiger partial charge on any atom is 0.0991 e. The third kappa shape index (κ3) is 14.5. The van der Waals surface area contributed by atoms with Crippen molar-refractivity contribution in [2.24, 2.45) is 11.8 Å². The summed E-state index contributed by atoms with van der Waals surface area (Å²) in [4.78, 5) is 3.81. The first-order valence-corrected chi connectivity index (χ1v) is 12.2. The molecule has 4 unspecified atom stereocenters. The van der Waals surface area contributed by atoms with Gasteiger partial charge in [0, 0.05) is 25.3 Å². The normalized spacial score (nSPS) is 14.7. The van der Waals surface area contributed by atoms with E-state index in [2.05, 4.69) is 53.3 Å². The summed E-state index contributed by atoms with van der Waals surface area (Å²) in [6, 6.07) is -0.0696. The first-order valence-electron chi connectivity index (χ1n) is 12.2. The van der Waals surface area contributed by atoms with Gasteiger partial charge in [-0.1, -0.05) is 52.3 Å². The predicted octanol–water partition coefficient (Wildman–Crippen LogP) is 5.84. The fraction of sp³-hybridized carbons (Fsp3) is 0.571. The van der Waals surface area contributed by atoms with Crippen LogP contribution in [0.2, 0.25) is 0 Å². The molecule has 0 saturated heterocycles. The van der Waals surface area contributed by atoms with E-state index >= 15 is 0 Å². The second-order valence-corrected chi connectivity index (χ2v) is 9.38. The van der Waals surface area contributed by atoms with Crippen LogP contribution in [-0.4, -0.2) is 81.7 Å². The zero-order valence-electron chi connectivity index (χ0n) is 21.9. The van der Waals surface area contributed by atoms with Crippen molar-refractivity contribution in [3.05, 3.63) is 74.7 Å². The molecule has 0 fully saturated rings. The molecule has 0 aromatic rings. The molecule has 0 heterocycles. The smallest absolute Gasteiger partial charge is 0.0991 e. The Morgan fingerprint density at radius 1 is 0.657 bits per heavy atom. The average molecular weight is 493 g/mol. The van der Waals surface area contributed by atoms with Crippen molar-refractivity contribution in [2.75, 3.05) is 39.4 Å². The minimum Gasteiger partial charge on any atom is -0.512 e. The summed E-state index contributed by atoms with van der Waals surface area (Å²) >= 11 is 0. The van der Waals surface area contributed by atoms with E-state index in [1.54, 1.807) is 0 Å². The van der Waals surface area contributed by atoms with Crippen molar-refractivity contribution in [3.8, 4) is 0 Å². The molecule has 35 heavy (non-hydrogen) atoms. The summed E-state index contributed by atoms with van der Waals surface area (Å²) in [5.41, 5.74) is 0. The Kier molecular flexibility index (Phi) is 16.6. The Bertz CT molecular complexity index is 615. The molecule has 0 aromatic heterocycles. The van der Waals surface area contributed by atoms with Crippen LogP contribution in [0, 0.1) is 11.8 Å². The number of aliphatic hydroxyl groups is 4. The molecule has 200 valence electrons. The largest absolute Gasteiger partial charge is 0.512 e. The van der Waals surface area contributed by atoms with E-state index in [-0.39, 0.29) is 73.1 Å². The number of rotatable bonds is 22. The zero-order chi connectivity index (χ0) is 27.0. The van der Waals surface area contributed by atoms with Gasteiger partial charge in [0.05, 0.1) is 49.2 Å². The van der Waals surface area contributed by atoms with E-state index in [1.165, 1.54) is 0 Å². The van der Waals surface area contributed by atoms with Gasteiger partial charge in [-0.3, -0.25) is 9.80 Å². The average Bonchev–Trinajstić information content (AvgIpc) is 2.72. The molecule has 0 saturated carbocycles. The highest BCUT2D eigenvalue weighted by molar-refractivity contribution is 5.01. The lowest BCUT2D eigenvalue weighted by molar-refractivity contribution is 0.107. The van der Waals surface area contributed by atoms with Crippen molar-refractivity contribution < 1.29 is 25.2 Å². The second-order valence-electron chi connectivity index (χ2n) is 9.38. The third-order valence-electron chi connectivity index (χ3n) is 5.93. The van der Waals surface area contributed by atoms with E-state index in [9.17, 15) is 20.4 Å². The summed E-state index contributed by atoms with van der Waals surface area (Å²) in [6.07, 6.45) is 7.24. The van der Waals surface area contributed by atoms with Crippen molar-refractivity contribution in [1.29, 1.82) is 0 Å². The topological polar surface area (TPSA) is 96.6 Å². The van der Waals surface area contributed by atoms with Gasteiger partial charge in [-0.25, -0.2) is 0 Å². The maximum atomic E-state index is 9.61. The summed E-state index contributed by atoms with van der Waals surface area (Å²) in [6.45, 7) is 28.6. The van der Waals surface area contributed by atoms with Crippen LogP contribution in [0.5, 0.6) is 0 Å². The monoisotopic (exact) mass is 492 g/mol. The Hall–Kier alpha value is -2.48. The molecule has 0 aliphatic heterocycles. The maximum absolute atomic E-state index is 9.61. The summed E-state index contributed by atoms with van der Waals surface area (Å²) in [5, 5.41) is 38.5. The van der Waals surface area contributed by atoms with Gasteiger partial charge in [-0.15, -0.1) is 13.2 Å². The molecule has 0 rings (SSSR count). The highest BCUT2D eigenvalue weighted by atomic mass is 16.5. The van der Waals surface area contributed by atoms with E-state index in [4.69, 9.17) is 4.74 Å². The molecule has 0 aromatic carbocycles. The minimum atomic E-state index is -0.0348. The van der Waals surface area contributed by atoms with E-state index in [1.807, 2.05) is 22.0 Å². The fourth-order valence-corrected chi connectivity index (χ4v) is 4.41. The highest BCUT2D eigenvalue weighted by Gasteiger charge is 2.24. The fourth-order valence-electron chi connectivity index (χ4n) is 4.41. The van der Waals surface area contributed by atoms with E-state index in [0.717, 1.165) is 25.7 Å². The summed E-state index contributed by atoms with van der Waals surface area (Å²) < 4.78 is 5.85. The Morgan fingerprint density at radius 3 is 1.17 bits per heavy atom. The van der Waals surface area contributed by atoms with Crippen molar-refractivity contribution in [3.63, 3.8) is 0 Å². The van der Waals surface area contributed by atoms with Gasteiger partial charge in [0.15, 0.2) is 0 Å². The Balaban J connectivity index is 4.50. The van der Waals surface area contributed by atoms with Crippen LogP contribution >= 0.6 is 0 Å². The molecule has 7 heteroatoms. The lowest BCUT2D eigenvalue weighted by atomic mass is 9.94. The summed E-state index contributed by atoms with van der Waals surface area (Å²) in [5.74, 6) is 0.632. The van der Waals surface area contributed by atoms with Crippen LogP contribution in [0.1, 0.15) is 39.5 Å². The lowest BCUT2D eigenvalue weighted by Crippen LogP contribution is -2.41. The third-order valence-corrected chi connectivity index (χ3v) is 5.93. The standard InChI is InChI=1S/C28H48N2O5/c1-9-27(29(17-23(5)31)18-24(6)32)21(3)13-11-15-35-16-12-14-22(4)28(10-2)30(19-25(7)33)20-26(8)34/h9-10,21-22,27-28,31-34H,1-2,5-8,11-20H2,3-4H3. The van der Waals surface area contributed by atoms with Gasteiger partial charge in [0.1, 0.15) is 0 Å². The minimum absolute atomic E-state index is 0.0345. The molecule has 0 amide bonds. The molecule has 0 radical (unpaired) electrons. The van der Waals surface area contributed by atoms with Crippen LogP contribution in [-0.2, 0) is 4.74 Å². The SMILES string of the molecule is C=CC(C(C)CCCOCCCC(C)C(C=C)N(CC(=C)O)CC(=C)O)N(CC(=C)O)CC(=C)O. The molecule has 4 N–H and O–H groups in total. The molecule has 0 spiro atoms. The highest BCUT2D eigenvalue weighted by Crippen LogP contribution is 2.21. The van der Waals surface area contributed by atoms with Gasteiger partial charge in [0.25, 0.3) is 0 Å². The van der Waals surface area contributed by atoms with Gasteiger partial charge >= 0.3 is 0 Å². The first-order chi connectivity index (χ1) is 16.4. The molecule has 0 aliphatic rings. The molecule has 7 nitrogen and oxygen atoms in total. The molecular weight excluding hydrogens is 444 g/mol. The number of aliphatic hydroxyl groups excluding tert-OH is 4. The van der Waals surface area contributed by atoms with Gasteiger partial charge in [-0.2, -0.15) is 0 Å². The second kappa shape index (κ2) is 17.9.